The second-order valence-corrected chi connectivity index (χ2v) is 5.50. The van der Waals surface area contributed by atoms with E-state index in [1.165, 1.54) is 6.07 Å². The molecule has 6 nitrogen and oxygen atoms in total. The van der Waals surface area contributed by atoms with E-state index in [2.05, 4.69) is 9.71 Å². The van der Waals surface area contributed by atoms with E-state index in [4.69, 9.17) is 5.11 Å². The van der Waals surface area contributed by atoms with Crippen LogP contribution in [0, 0.1) is 0 Å². The van der Waals surface area contributed by atoms with Crippen molar-refractivity contribution >= 4 is 32.7 Å². The van der Waals surface area contributed by atoms with E-state index in [9.17, 15) is 13.2 Å². The number of pyridine rings is 1. The Morgan fingerprint density at radius 2 is 2.00 bits per heavy atom. The summed E-state index contributed by atoms with van der Waals surface area (Å²) in [6, 6.07) is 7.84. The summed E-state index contributed by atoms with van der Waals surface area (Å²) < 4.78 is 24.4. The Morgan fingerprint density at radius 3 is 2.61 bits per heavy atom. The van der Waals surface area contributed by atoms with Crippen LogP contribution in [0.4, 0.5) is 5.82 Å². The average Bonchev–Trinajstić information content (AvgIpc) is 2.25. The number of para-hydroxylation sites is 1. The predicted octanol–water partition coefficient (Wildman–Crippen LogP) is 1.30. The van der Waals surface area contributed by atoms with Crippen LogP contribution >= 0.6 is 0 Å². The number of carboxylic acids is 1. The maximum Gasteiger partial charge on any atom is 0.336 e. The molecule has 0 spiro atoms. The smallest absolute Gasteiger partial charge is 0.336 e. The van der Waals surface area contributed by atoms with Gasteiger partial charge in [-0.05, 0) is 12.1 Å². The van der Waals surface area contributed by atoms with Crippen molar-refractivity contribution in [1.29, 1.82) is 0 Å². The van der Waals surface area contributed by atoms with Crippen molar-refractivity contribution in [3.05, 3.63) is 35.9 Å². The summed E-state index contributed by atoms with van der Waals surface area (Å²) in [6.45, 7) is 0. The van der Waals surface area contributed by atoms with Crippen LogP contribution in [0.5, 0.6) is 0 Å². The summed E-state index contributed by atoms with van der Waals surface area (Å²) in [7, 11) is -3.49. The van der Waals surface area contributed by atoms with Crippen molar-refractivity contribution in [1.82, 2.24) is 4.98 Å². The first kappa shape index (κ1) is 12.3. The number of aromatic nitrogens is 1. The van der Waals surface area contributed by atoms with Gasteiger partial charge in [-0.2, -0.15) is 0 Å². The van der Waals surface area contributed by atoms with Crippen LogP contribution in [-0.4, -0.2) is 30.7 Å². The van der Waals surface area contributed by atoms with Crippen molar-refractivity contribution < 1.29 is 18.3 Å². The number of anilines is 1. The minimum atomic E-state index is -3.49. The van der Waals surface area contributed by atoms with Crippen LogP contribution in [-0.2, 0) is 10.0 Å². The normalized spacial score (nSPS) is 11.4. The number of nitrogens with zero attached hydrogens (tertiary/aromatic N) is 1. The minimum absolute atomic E-state index is 0.00593. The number of carboxylic acid groups (broad SMARTS) is 1. The number of carbonyl (C=O) groups is 1. The molecular weight excluding hydrogens is 256 g/mol. The Morgan fingerprint density at radius 1 is 1.33 bits per heavy atom. The number of sulfonamides is 1. The van der Waals surface area contributed by atoms with Gasteiger partial charge in [0.2, 0.25) is 10.0 Å². The molecule has 94 valence electrons. The molecule has 0 bridgehead atoms. The molecular formula is C11H10N2O4S. The summed E-state index contributed by atoms with van der Waals surface area (Å²) in [6.07, 6.45) is 0.976. The largest absolute Gasteiger partial charge is 0.478 e. The maximum atomic E-state index is 11.1. The molecule has 0 aliphatic rings. The number of hydrogen-bond donors (Lipinski definition) is 2. The molecule has 0 unspecified atom stereocenters. The molecule has 0 radical (unpaired) electrons. The fourth-order valence-corrected chi connectivity index (χ4v) is 2.08. The standard InChI is InChI=1S/C11H10N2O4S/c1-18(16,17)13-10-6-8(11(14)15)7-4-2-3-5-9(7)12-10/h2-6H,1H3,(H,12,13)(H,14,15). The van der Waals surface area contributed by atoms with E-state index in [1.807, 2.05) is 0 Å². The van der Waals surface area contributed by atoms with Crippen molar-refractivity contribution in [3.8, 4) is 0 Å². The zero-order valence-corrected chi connectivity index (χ0v) is 10.2. The third-order valence-corrected chi connectivity index (χ3v) is 2.82. The molecule has 2 rings (SSSR count). The quantitative estimate of drug-likeness (QED) is 0.873. The topological polar surface area (TPSA) is 96.4 Å². The molecule has 0 aliphatic carbocycles. The average molecular weight is 266 g/mol. The maximum absolute atomic E-state index is 11.1. The van der Waals surface area contributed by atoms with E-state index in [1.54, 1.807) is 24.3 Å². The minimum Gasteiger partial charge on any atom is -0.478 e. The summed E-state index contributed by atoms with van der Waals surface area (Å²) in [4.78, 5) is 15.2. The Balaban J connectivity index is 2.68. The number of rotatable bonds is 3. The highest BCUT2D eigenvalue weighted by atomic mass is 32.2. The first-order chi connectivity index (χ1) is 8.37. The molecule has 1 aromatic heterocycles. The van der Waals surface area contributed by atoms with Gasteiger partial charge in [0.15, 0.2) is 0 Å². The molecule has 0 saturated carbocycles. The fourth-order valence-electron chi connectivity index (χ4n) is 1.59. The summed E-state index contributed by atoms with van der Waals surface area (Å²) >= 11 is 0. The SMILES string of the molecule is CS(=O)(=O)Nc1cc(C(=O)O)c2ccccc2n1. The predicted molar refractivity (Wildman–Crippen MR) is 67.2 cm³/mol. The third-order valence-electron chi connectivity index (χ3n) is 2.24. The highest BCUT2D eigenvalue weighted by Crippen LogP contribution is 2.21. The zero-order valence-electron chi connectivity index (χ0n) is 9.41. The van der Waals surface area contributed by atoms with E-state index >= 15 is 0 Å². The lowest BCUT2D eigenvalue weighted by atomic mass is 10.1. The van der Waals surface area contributed by atoms with Gasteiger partial charge in [-0.3, -0.25) is 4.72 Å². The molecule has 0 amide bonds. The Kier molecular flexibility index (Phi) is 2.92. The van der Waals surface area contributed by atoms with E-state index in [0.717, 1.165) is 6.26 Å². The summed E-state index contributed by atoms with van der Waals surface area (Å²) in [5, 5.41) is 9.56. The van der Waals surface area contributed by atoms with E-state index in [-0.39, 0.29) is 11.4 Å². The highest BCUT2D eigenvalue weighted by Gasteiger charge is 2.13. The summed E-state index contributed by atoms with van der Waals surface area (Å²) in [5.41, 5.74) is 0.426. The highest BCUT2D eigenvalue weighted by molar-refractivity contribution is 7.92. The van der Waals surface area contributed by atoms with Gasteiger partial charge in [0, 0.05) is 5.39 Å². The van der Waals surface area contributed by atoms with Gasteiger partial charge in [0.25, 0.3) is 0 Å². The first-order valence-electron chi connectivity index (χ1n) is 4.98. The van der Waals surface area contributed by atoms with Crippen molar-refractivity contribution in [2.75, 3.05) is 11.0 Å². The third kappa shape index (κ3) is 2.57. The van der Waals surface area contributed by atoms with Gasteiger partial charge in [0.1, 0.15) is 5.82 Å². The van der Waals surface area contributed by atoms with Crippen molar-refractivity contribution in [2.24, 2.45) is 0 Å². The summed E-state index contributed by atoms with van der Waals surface area (Å²) in [5.74, 6) is -1.14. The van der Waals surface area contributed by atoms with Gasteiger partial charge in [0.05, 0.1) is 17.3 Å². The van der Waals surface area contributed by atoms with Gasteiger partial charge in [-0.15, -0.1) is 0 Å². The second-order valence-electron chi connectivity index (χ2n) is 3.75. The van der Waals surface area contributed by atoms with Gasteiger partial charge < -0.3 is 5.11 Å². The molecule has 7 heteroatoms. The molecule has 1 aromatic carbocycles. The van der Waals surface area contributed by atoms with Gasteiger partial charge >= 0.3 is 5.97 Å². The van der Waals surface area contributed by atoms with Crippen LogP contribution in [0.3, 0.4) is 0 Å². The lowest BCUT2D eigenvalue weighted by Gasteiger charge is -2.07. The Labute approximate surface area is 103 Å². The van der Waals surface area contributed by atoms with Gasteiger partial charge in [-0.25, -0.2) is 18.2 Å². The van der Waals surface area contributed by atoms with Crippen LogP contribution in [0.25, 0.3) is 10.9 Å². The Bertz CT molecular complexity index is 725. The first-order valence-corrected chi connectivity index (χ1v) is 6.87. The van der Waals surface area contributed by atoms with E-state index < -0.39 is 16.0 Å². The molecule has 18 heavy (non-hydrogen) atoms. The number of fused-ring (bicyclic) bond motifs is 1. The number of aromatic carboxylic acids is 1. The molecule has 1 heterocycles. The number of nitrogens with one attached hydrogen (secondary N) is 1. The molecule has 0 fully saturated rings. The Hall–Kier alpha value is -2.15. The lowest BCUT2D eigenvalue weighted by Crippen LogP contribution is -2.12. The van der Waals surface area contributed by atoms with Crippen molar-refractivity contribution in [2.45, 2.75) is 0 Å². The van der Waals surface area contributed by atoms with Crippen LogP contribution < -0.4 is 4.72 Å². The zero-order chi connectivity index (χ0) is 13.3. The van der Waals surface area contributed by atoms with Crippen LogP contribution in [0.15, 0.2) is 30.3 Å². The number of benzene rings is 1. The fraction of sp³-hybridized carbons (Fsp3) is 0.0909. The van der Waals surface area contributed by atoms with Crippen LogP contribution in [0.2, 0.25) is 0 Å². The van der Waals surface area contributed by atoms with Gasteiger partial charge in [-0.1, -0.05) is 18.2 Å². The molecule has 0 atom stereocenters. The van der Waals surface area contributed by atoms with Crippen molar-refractivity contribution in [3.63, 3.8) is 0 Å². The van der Waals surface area contributed by atoms with E-state index in [0.29, 0.717) is 10.9 Å². The molecule has 0 aliphatic heterocycles. The molecule has 2 N–H and O–H groups in total. The molecule has 2 aromatic rings. The lowest BCUT2D eigenvalue weighted by molar-refractivity contribution is 0.0699. The number of hydrogen-bond acceptors (Lipinski definition) is 4. The monoisotopic (exact) mass is 266 g/mol. The second kappa shape index (κ2) is 4.26. The van der Waals surface area contributed by atoms with Crippen LogP contribution in [0.1, 0.15) is 10.4 Å². The molecule has 0 saturated heterocycles.